The van der Waals surface area contributed by atoms with E-state index < -0.39 is 0 Å². The third kappa shape index (κ3) is 3.84. The van der Waals surface area contributed by atoms with Crippen LogP contribution in [-0.4, -0.2) is 31.5 Å². The van der Waals surface area contributed by atoms with Gasteiger partial charge in [-0.1, -0.05) is 0 Å². The van der Waals surface area contributed by atoms with Gasteiger partial charge in [0.1, 0.15) is 0 Å². The zero-order valence-corrected chi connectivity index (χ0v) is 12.6. The highest BCUT2D eigenvalue weighted by Crippen LogP contribution is 2.37. The van der Waals surface area contributed by atoms with Crippen molar-refractivity contribution in [1.82, 2.24) is 0 Å². The molecule has 0 radical (unpaired) electrons. The summed E-state index contributed by atoms with van der Waals surface area (Å²) < 4.78 is 17.4. The summed E-state index contributed by atoms with van der Waals surface area (Å²) in [7, 11) is 1.59. The minimum atomic E-state index is -0.0227. The van der Waals surface area contributed by atoms with Crippen LogP contribution in [0.25, 0.3) is 0 Å². The van der Waals surface area contributed by atoms with Crippen molar-refractivity contribution in [3.8, 4) is 11.5 Å². The Morgan fingerprint density at radius 2 is 2.32 bits per heavy atom. The molecule has 0 bridgehead atoms. The molecule has 4 nitrogen and oxygen atoms in total. The number of hydrogen-bond donors (Lipinski definition) is 1. The standard InChI is InChI=1S/C14H19BrO4/c1-17-13-8-10(9-16)7-12(15)14(13)19-6-4-11-3-2-5-18-11/h7-8,11,16H,2-6,9H2,1H3. The molecule has 0 spiro atoms. The van der Waals surface area contributed by atoms with Gasteiger partial charge in [-0.15, -0.1) is 0 Å². The van der Waals surface area contributed by atoms with Crippen LogP contribution in [0.4, 0.5) is 0 Å². The fourth-order valence-electron chi connectivity index (χ4n) is 2.17. The van der Waals surface area contributed by atoms with Gasteiger partial charge in [0.15, 0.2) is 11.5 Å². The van der Waals surface area contributed by atoms with Crippen LogP contribution in [0.3, 0.4) is 0 Å². The normalized spacial score (nSPS) is 18.6. The van der Waals surface area contributed by atoms with Crippen LogP contribution >= 0.6 is 15.9 Å². The van der Waals surface area contributed by atoms with Crippen LogP contribution in [0, 0.1) is 0 Å². The Labute approximate surface area is 121 Å². The molecule has 0 amide bonds. The van der Waals surface area contributed by atoms with Crippen LogP contribution in [0.15, 0.2) is 16.6 Å². The lowest BCUT2D eigenvalue weighted by molar-refractivity contribution is 0.0897. The molecular weight excluding hydrogens is 312 g/mol. The van der Waals surface area contributed by atoms with Crippen LogP contribution < -0.4 is 9.47 Å². The number of rotatable bonds is 6. The van der Waals surface area contributed by atoms with Crippen molar-refractivity contribution < 1.29 is 19.3 Å². The van der Waals surface area contributed by atoms with E-state index in [1.165, 1.54) is 0 Å². The summed E-state index contributed by atoms with van der Waals surface area (Å²) in [6.07, 6.45) is 3.47. The molecule has 1 heterocycles. The third-order valence-corrected chi connectivity index (χ3v) is 3.77. The summed E-state index contributed by atoms with van der Waals surface area (Å²) in [6.45, 7) is 1.44. The Morgan fingerprint density at radius 1 is 1.47 bits per heavy atom. The third-order valence-electron chi connectivity index (χ3n) is 3.18. The molecule has 1 unspecified atom stereocenters. The first-order valence-electron chi connectivity index (χ1n) is 6.46. The number of benzene rings is 1. The fourth-order valence-corrected chi connectivity index (χ4v) is 2.77. The lowest BCUT2D eigenvalue weighted by Crippen LogP contribution is -2.11. The average molecular weight is 331 g/mol. The first kappa shape index (κ1) is 14.6. The molecule has 1 saturated heterocycles. The number of ether oxygens (including phenoxy) is 3. The molecule has 0 aliphatic carbocycles. The number of aliphatic hydroxyl groups excluding tert-OH is 1. The zero-order chi connectivity index (χ0) is 13.7. The van der Waals surface area contributed by atoms with Gasteiger partial charge >= 0.3 is 0 Å². The second-order valence-electron chi connectivity index (χ2n) is 4.54. The largest absolute Gasteiger partial charge is 0.493 e. The molecule has 1 fully saturated rings. The van der Waals surface area contributed by atoms with Gasteiger partial charge in [0.05, 0.1) is 30.9 Å². The molecule has 1 N–H and O–H groups in total. The lowest BCUT2D eigenvalue weighted by atomic mass is 10.2. The smallest absolute Gasteiger partial charge is 0.175 e. The zero-order valence-electron chi connectivity index (χ0n) is 11.0. The van der Waals surface area contributed by atoms with E-state index in [0.29, 0.717) is 24.2 Å². The van der Waals surface area contributed by atoms with Crippen molar-refractivity contribution in [3.05, 3.63) is 22.2 Å². The maximum absolute atomic E-state index is 9.16. The first-order chi connectivity index (χ1) is 9.24. The summed E-state index contributed by atoms with van der Waals surface area (Å²) in [5.74, 6) is 1.31. The van der Waals surface area contributed by atoms with E-state index in [4.69, 9.17) is 19.3 Å². The first-order valence-corrected chi connectivity index (χ1v) is 7.25. The molecule has 1 atom stereocenters. The van der Waals surface area contributed by atoms with E-state index >= 15 is 0 Å². The van der Waals surface area contributed by atoms with E-state index in [0.717, 1.165) is 35.9 Å². The maximum Gasteiger partial charge on any atom is 0.175 e. The van der Waals surface area contributed by atoms with Gasteiger partial charge in [0.25, 0.3) is 0 Å². The minimum Gasteiger partial charge on any atom is -0.493 e. The predicted molar refractivity (Wildman–Crippen MR) is 75.7 cm³/mol. The molecule has 1 aliphatic rings. The van der Waals surface area contributed by atoms with Crippen molar-refractivity contribution in [2.45, 2.75) is 32.0 Å². The molecule has 1 aromatic carbocycles. The highest BCUT2D eigenvalue weighted by molar-refractivity contribution is 9.10. The highest BCUT2D eigenvalue weighted by Gasteiger charge is 2.17. The molecule has 0 saturated carbocycles. The molecular formula is C14H19BrO4. The number of hydrogen-bond acceptors (Lipinski definition) is 4. The molecule has 0 aromatic heterocycles. The summed E-state index contributed by atoms with van der Waals surface area (Å²) in [6, 6.07) is 3.62. The second-order valence-corrected chi connectivity index (χ2v) is 5.39. The number of aliphatic hydroxyl groups is 1. The van der Waals surface area contributed by atoms with Crippen LogP contribution in [-0.2, 0) is 11.3 Å². The van der Waals surface area contributed by atoms with Gasteiger partial charge in [0.2, 0.25) is 0 Å². The van der Waals surface area contributed by atoms with Gasteiger partial charge in [-0.3, -0.25) is 0 Å². The Morgan fingerprint density at radius 3 is 2.95 bits per heavy atom. The Balaban J connectivity index is 1.98. The van der Waals surface area contributed by atoms with E-state index in [9.17, 15) is 0 Å². The number of methoxy groups -OCH3 is 1. The van der Waals surface area contributed by atoms with Crippen molar-refractivity contribution in [2.24, 2.45) is 0 Å². The lowest BCUT2D eigenvalue weighted by Gasteiger charge is -2.15. The Kier molecular flexibility index (Phi) is 5.48. The topological polar surface area (TPSA) is 47.9 Å². The Hall–Kier alpha value is -0.780. The van der Waals surface area contributed by atoms with Crippen LogP contribution in [0.5, 0.6) is 11.5 Å². The van der Waals surface area contributed by atoms with Crippen molar-refractivity contribution in [2.75, 3.05) is 20.3 Å². The van der Waals surface area contributed by atoms with Gasteiger partial charge < -0.3 is 19.3 Å². The van der Waals surface area contributed by atoms with Gasteiger partial charge in [-0.2, -0.15) is 0 Å². The fraction of sp³-hybridized carbons (Fsp3) is 0.571. The summed E-state index contributed by atoms with van der Waals surface area (Å²) in [5, 5.41) is 9.16. The average Bonchev–Trinajstić information content (AvgIpc) is 2.93. The molecule has 1 aromatic rings. The van der Waals surface area contributed by atoms with Gasteiger partial charge in [-0.25, -0.2) is 0 Å². The maximum atomic E-state index is 9.16. The Bertz CT molecular complexity index is 416. The number of halogens is 1. The van der Waals surface area contributed by atoms with Crippen molar-refractivity contribution in [3.63, 3.8) is 0 Å². The molecule has 19 heavy (non-hydrogen) atoms. The van der Waals surface area contributed by atoms with E-state index in [2.05, 4.69) is 15.9 Å². The summed E-state index contributed by atoms with van der Waals surface area (Å²) in [4.78, 5) is 0. The minimum absolute atomic E-state index is 0.0227. The molecule has 106 valence electrons. The van der Waals surface area contributed by atoms with Gasteiger partial charge in [-0.05, 0) is 46.5 Å². The van der Waals surface area contributed by atoms with E-state index in [-0.39, 0.29) is 6.61 Å². The predicted octanol–water partition coefficient (Wildman–Crippen LogP) is 2.90. The van der Waals surface area contributed by atoms with E-state index in [1.54, 1.807) is 13.2 Å². The van der Waals surface area contributed by atoms with E-state index in [1.807, 2.05) is 6.07 Å². The van der Waals surface area contributed by atoms with Crippen molar-refractivity contribution in [1.29, 1.82) is 0 Å². The SMILES string of the molecule is COc1cc(CO)cc(Br)c1OCCC1CCCO1. The quantitative estimate of drug-likeness (QED) is 0.871. The molecule has 2 rings (SSSR count). The van der Waals surface area contributed by atoms with Crippen LogP contribution in [0.1, 0.15) is 24.8 Å². The molecule has 1 aliphatic heterocycles. The van der Waals surface area contributed by atoms with Crippen LogP contribution in [0.2, 0.25) is 0 Å². The van der Waals surface area contributed by atoms with Crippen molar-refractivity contribution >= 4 is 15.9 Å². The summed E-state index contributed by atoms with van der Waals surface area (Å²) in [5.41, 5.74) is 0.787. The highest BCUT2D eigenvalue weighted by atomic mass is 79.9. The van der Waals surface area contributed by atoms with Gasteiger partial charge in [0, 0.05) is 13.0 Å². The summed E-state index contributed by atoms with van der Waals surface area (Å²) >= 11 is 3.45. The monoisotopic (exact) mass is 330 g/mol. The second kappa shape index (κ2) is 7.12. The molecule has 5 heteroatoms.